The minimum atomic E-state index is 0.517. The predicted molar refractivity (Wildman–Crippen MR) is 97.0 cm³/mol. The Morgan fingerprint density at radius 1 is 1.04 bits per heavy atom. The average molecular weight is 317 g/mol. The molecule has 0 unspecified atom stereocenters. The summed E-state index contributed by atoms with van der Waals surface area (Å²) >= 11 is 0. The topological polar surface area (TPSA) is 29.9 Å². The molecule has 3 heteroatoms. The maximum atomic E-state index is 6.00. The van der Waals surface area contributed by atoms with Gasteiger partial charge in [0.05, 0.1) is 11.8 Å². The van der Waals surface area contributed by atoms with Gasteiger partial charge in [-0.15, -0.1) is 0 Å². The van der Waals surface area contributed by atoms with Gasteiger partial charge in [0.2, 0.25) is 5.69 Å². The number of furan rings is 1. The van der Waals surface area contributed by atoms with Gasteiger partial charge in [0.15, 0.2) is 11.8 Å². The van der Waals surface area contributed by atoms with E-state index < -0.39 is 0 Å². The fraction of sp³-hybridized carbons (Fsp3) is 0.238. The normalized spacial score (nSPS) is 11.7. The SMILES string of the molecule is Cc1ccc2oc3cnccc3c2c1-c1ccc(C(C)C)c[n+]1C. The van der Waals surface area contributed by atoms with Crippen LogP contribution in [0.2, 0.25) is 0 Å². The van der Waals surface area contributed by atoms with Crippen LogP contribution in [0.25, 0.3) is 33.2 Å². The van der Waals surface area contributed by atoms with Crippen molar-refractivity contribution in [2.45, 2.75) is 26.7 Å². The van der Waals surface area contributed by atoms with E-state index in [0.29, 0.717) is 5.92 Å². The molecule has 4 aromatic rings. The highest BCUT2D eigenvalue weighted by atomic mass is 16.3. The lowest BCUT2D eigenvalue weighted by Crippen LogP contribution is -2.31. The molecule has 3 nitrogen and oxygen atoms in total. The fourth-order valence-corrected chi connectivity index (χ4v) is 3.39. The van der Waals surface area contributed by atoms with Crippen molar-refractivity contribution >= 4 is 21.9 Å². The van der Waals surface area contributed by atoms with Crippen LogP contribution in [0, 0.1) is 6.92 Å². The third kappa shape index (κ3) is 2.20. The van der Waals surface area contributed by atoms with Gasteiger partial charge in [-0.25, -0.2) is 4.57 Å². The summed E-state index contributed by atoms with van der Waals surface area (Å²) in [4.78, 5) is 4.18. The van der Waals surface area contributed by atoms with Crippen LogP contribution in [0.1, 0.15) is 30.9 Å². The number of aryl methyl sites for hydroxylation is 2. The number of hydrogen-bond donors (Lipinski definition) is 0. The van der Waals surface area contributed by atoms with Crippen molar-refractivity contribution in [1.29, 1.82) is 0 Å². The third-order valence-corrected chi connectivity index (χ3v) is 4.73. The van der Waals surface area contributed by atoms with Crippen LogP contribution in [-0.4, -0.2) is 4.98 Å². The number of benzene rings is 1. The van der Waals surface area contributed by atoms with Crippen LogP contribution in [0.4, 0.5) is 0 Å². The molecule has 0 fully saturated rings. The average Bonchev–Trinajstić information content (AvgIpc) is 2.94. The van der Waals surface area contributed by atoms with Gasteiger partial charge in [0.1, 0.15) is 12.6 Å². The molecule has 0 aliphatic rings. The van der Waals surface area contributed by atoms with Crippen LogP contribution in [-0.2, 0) is 7.05 Å². The maximum Gasteiger partial charge on any atom is 0.213 e. The molecule has 120 valence electrons. The second kappa shape index (κ2) is 5.45. The van der Waals surface area contributed by atoms with Gasteiger partial charge in [-0.3, -0.25) is 4.98 Å². The Kier molecular flexibility index (Phi) is 3.38. The summed E-state index contributed by atoms with van der Waals surface area (Å²) < 4.78 is 8.22. The van der Waals surface area contributed by atoms with Crippen molar-refractivity contribution < 1.29 is 8.98 Å². The first-order chi connectivity index (χ1) is 11.6. The molecule has 24 heavy (non-hydrogen) atoms. The van der Waals surface area contributed by atoms with Crippen molar-refractivity contribution in [3.8, 4) is 11.3 Å². The van der Waals surface area contributed by atoms with Crippen molar-refractivity contribution in [3.05, 3.63) is 60.0 Å². The minimum absolute atomic E-state index is 0.517. The summed E-state index contributed by atoms with van der Waals surface area (Å²) in [5, 5.41) is 2.28. The molecular weight excluding hydrogens is 296 g/mol. The van der Waals surface area contributed by atoms with Crippen LogP contribution in [0.5, 0.6) is 0 Å². The fourth-order valence-electron chi connectivity index (χ4n) is 3.39. The van der Waals surface area contributed by atoms with E-state index >= 15 is 0 Å². The summed E-state index contributed by atoms with van der Waals surface area (Å²) in [7, 11) is 2.11. The van der Waals surface area contributed by atoms with E-state index in [9.17, 15) is 0 Å². The highest BCUT2D eigenvalue weighted by Gasteiger charge is 2.21. The first kappa shape index (κ1) is 14.9. The molecule has 0 amide bonds. The molecule has 0 aliphatic carbocycles. The Bertz CT molecular complexity index is 1060. The van der Waals surface area contributed by atoms with Crippen LogP contribution < -0.4 is 4.57 Å². The summed E-state index contributed by atoms with van der Waals surface area (Å²) in [5.74, 6) is 0.517. The van der Waals surface area contributed by atoms with E-state index in [4.69, 9.17) is 4.42 Å². The lowest BCUT2D eigenvalue weighted by molar-refractivity contribution is -0.660. The molecule has 3 heterocycles. The second-order valence-corrected chi connectivity index (χ2v) is 6.72. The summed E-state index contributed by atoms with van der Waals surface area (Å²) in [6.45, 7) is 6.60. The Morgan fingerprint density at radius 3 is 2.62 bits per heavy atom. The zero-order valence-corrected chi connectivity index (χ0v) is 14.5. The lowest BCUT2D eigenvalue weighted by Gasteiger charge is -2.09. The zero-order chi connectivity index (χ0) is 16.8. The Labute approximate surface area is 141 Å². The van der Waals surface area contributed by atoms with Gasteiger partial charge in [0, 0.05) is 28.6 Å². The molecule has 0 N–H and O–H groups in total. The Balaban J connectivity index is 2.08. The molecule has 0 bridgehead atoms. The van der Waals surface area contributed by atoms with E-state index in [1.54, 1.807) is 6.20 Å². The number of rotatable bonds is 2. The first-order valence-electron chi connectivity index (χ1n) is 8.32. The number of aromatic nitrogens is 2. The molecule has 0 saturated carbocycles. The number of hydrogen-bond acceptors (Lipinski definition) is 2. The van der Waals surface area contributed by atoms with E-state index in [1.807, 2.05) is 12.3 Å². The van der Waals surface area contributed by atoms with Crippen molar-refractivity contribution in [2.24, 2.45) is 7.05 Å². The molecule has 0 atom stereocenters. The van der Waals surface area contributed by atoms with Crippen LogP contribution in [0.15, 0.2) is 53.3 Å². The number of pyridine rings is 2. The molecule has 1 aromatic carbocycles. The monoisotopic (exact) mass is 317 g/mol. The minimum Gasteiger partial charge on any atom is -0.454 e. The number of nitrogens with zero attached hydrogens (tertiary/aromatic N) is 2. The molecular formula is C21H21N2O+. The molecule has 4 rings (SSSR count). The Morgan fingerprint density at radius 2 is 1.88 bits per heavy atom. The standard InChI is InChI=1S/C21H21N2O/c1-13(2)15-6-7-17(23(4)12-15)20-14(3)5-8-18-21(20)16-9-10-22-11-19(16)24-18/h5-13H,1-4H3/q+1. The van der Waals surface area contributed by atoms with Gasteiger partial charge >= 0.3 is 0 Å². The van der Waals surface area contributed by atoms with E-state index in [0.717, 1.165) is 16.6 Å². The van der Waals surface area contributed by atoms with E-state index in [-0.39, 0.29) is 0 Å². The van der Waals surface area contributed by atoms with Gasteiger partial charge in [0.25, 0.3) is 0 Å². The van der Waals surface area contributed by atoms with Crippen LogP contribution >= 0.6 is 0 Å². The van der Waals surface area contributed by atoms with Crippen molar-refractivity contribution in [2.75, 3.05) is 0 Å². The van der Waals surface area contributed by atoms with Gasteiger partial charge in [-0.2, -0.15) is 0 Å². The summed E-state index contributed by atoms with van der Waals surface area (Å²) in [6, 6.07) is 10.7. The van der Waals surface area contributed by atoms with Crippen molar-refractivity contribution in [3.63, 3.8) is 0 Å². The number of fused-ring (bicyclic) bond motifs is 3. The quantitative estimate of drug-likeness (QED) is 0.492. The highest BCUT2D eigenvalue weighted by molar-refractivity contribution is 6.12. The molecule has 0 saturated heterocycles. The van der Waals surface area contributed by atoms with Gasteiger partial charge < -0.3 is 4.42 Å². The zero-order valence-electron chi connectivity index (χ0n) is 14.5. The van der Waals surface area contributed by atoms with Crippen LogP contribution in [0.3, 0.4) is 0 Å². The largest absolute Gasteiger partial charge is 0.454 e. The van der Waals surface area contributed by atoms with Gasteiger partial charge in [-0.05, 0) is 36.6 Å². The second-order valence-electron chi connectivity index (χ2n) is 6.72. The molecule has 0 radical (unpaired) electrons. The molecule has 0 aliphatic heterocycles. The third-order valence-electron chi connectivity index (χ3n) is 4.73. The van der Waals surface area contributed by atoms with Gasteiger partial charge in [-0.1, -0.05) is 19.9 Å². The summed E-state index contributed by atoms with van der Waals surface area (Å²) in [5.41, 5.74) is 6.76. The van der Waals surface area contributed by atoms with E-state index in [2.05, 4.69) is 67.8 Å². The highest BCUT2D eigenvalue weighted by Crippen LogP contribution is 2.37. The lowest BCUT2D eigenvalue weighted by atomic mass is 9.97. The van der Waals surface area contributed by atoms with Crippen molar-refractivity contribution in [1.82, 2.24) is 4.98 Å². The van der Waals surface area contributed by atoms with E-state index in [1.165, 1.54) is 27.8 Å². The molecule has 3 aromatic heterocycles. The smallest absolute Gasteiger partial charge is 0.213 e. The maximum absolute atomic E-state index is 6.00. The predicted octanol–water partition coefficient (Wildman–Crippen LogP) is 4.90. The first-order valence-corrected chi connectivity index (χ1v) is 8.32. The summed E-state index contributed by atoms with van der Waals surface area (Å²) in [6.07, 6.45) is 5.84. The molecule has 0 spiro atoms. The Hall–Kier alpha value is -2.68.